The van der Waals surface area contributed by atoms with Crippen LogP contribution >= 0.6 is 11.6 Å². The molecule has 0 amide bonds. The van der Waals surface area contributed by atoms with Crippen LogP contribution in [0.4, 0.5) is 0 Å². The number of carbonyl (C=O) groups is 1. The molecule has 0 aliphatic heterocycles. The summed E-state index contributed by atoms with van der Waals surface area (Å²) in [5.41, 5.74) is 1.09. The van der Waals surface area contributed by atoms with Crippen LogP contribution < -0.4 is 5.56 Å². The highest BCUT2D eigenvalue weighted by Gasteiger charge is 2.11. The number of benzene rings is 2. The molecule has 1 N–H and O–H groups in total. The molecule has 0 atom stereocenters. The van der Waals surface area contributed by atoms with Gasteiger partial charge >= 0.3 is 0 Å². The molecule has 0 fully saturated rings. The number of ketones is 1. The highest BCUT2D eigenvalue weighted by atomic mass is 35.5. The van der Waals surface area contributed by atoms with Crippen LogP contribution in [0.15, 0.2) is 71.5 Å². The molecule has 0 bridgehead atoms. The van der Waals surface area contributed by atoms with E-state index in [1.807, 2.05) is 36.4 Å². The van der Waals surface area contributed by atoms with E-state index in [4.69, 9.17) is 11.6 Å². The van der Waals surface area contributed by atoms with Gasteiger partial charge in [-0.3, -0.25) is 9.59 Å². The van der Waals surface area contributed by atoms with E-state index in [9.17, 15) is 9.59 Å². The van der Waals surface area contributed by atoms with E-state index in [1.54, 1.807) is 24.3 Å². The molecule has 0 unspecified atom stereocenters. The van der Waals surface area contributed by atoms with Crippen molar-refractivity contribution >= 4 is 33.3 Å². The molecule has 2 aromatic carbocycles. The van der Waals surface area contributed by atoms with Crippen LogP contribution in [0.1, 0.15) is 15.9 Å². The molecule has 0 saturated heterocycles. The third-order valence-corrected chi connectivity index (χ3v) is 3.65. The highest BCUT2D eigenvalue weighted by molar-refractivity contribution is 6.50. The van der Waals surface area contributed by atoms with Gasteiger partial charge < -0.3 is 4.98 Å². The first kappa shape index (κ1) is 14.3. The zero-order valence-electron chi connectivity index (χ0n) is 11.5. The predicted octanol–water partition coefficient (Wildman–Crippen LogP) is 3.99. The Balaban J connectivity index is 2.02. The van der Waals surface area contributed by atoms with Crippen molar-refractivity contribution in [3.8, 4) is 0 Å². The maximum atomic E-state index is 12.3. The van der Waals surface area contributed by atoms with Crippen molar-refractivity contribution in [2.24, 2.45) is 0 Å². The molecule has 108 valence electrons. The van der Waals surface area contributed by atoms with Crippen LogP contribution in [0.2, 0.25) is 0 Å². The van der Waals surface area contributed by atoms with E-state index in [-0.39, 0.29) is 5.56 Å². The molecule has 1 heterocycles. The number of aromatic amines is 1. The number of para-hydroxylation sites is 1. The standard InChI is InChI=1S/C18H12ClNO2/c19-15(12-6-2-1-3-7-12)11-17(21)14-10-13-8-4-5-9-16(13)20-18(14)22/h1-11H,(H,20,22). The molecule has 0 saturated carbocycles. The average molecular weight is 310 g/mol. The number of carbonyl (C=O) groups excluding carboxylic acids is 1. The Bertz CT molecular complexity index is 926. The number of rotatable bonds is 3. The van der Waals surface area contributed by atoms with Crippen LogP contribution in [0.3, 0.4) is 0 Å². The van der Waals surface area contributed by atoms with Crippen molar-refractivity contribution in [2.45, 2.75) is 0 Å². The summed E-state index contributed by atoms with van der Waals surface area (Å²) in [7, 11) is 0. The summed E-state index contributed by atoms with van der Waals surface area (Å²) in [4.78, 5) is 27.1. The molecule has 4 heteroatoms. The molecule has 1 aromatic heterocycles. The van der Waals surface area contributed by atoms with E-state index in [0.29, 0.717) is 10.5 Å². The first-order valence-electron chi connectivity index (χ1n) is 6.74. The number of hydrogen-bond donors (Lipinski definition) is 1. The summed E-state index contributed by atoms with van der Waals surface area (Å²) >= 11 is 6.15. The molecule has 3 aromatic rings. The van der Waals surface area contributed by atoms with E-state index in [1.165, 1.54) is 6.08 Å². The van der Waals surface area contributed by atoms with Crippen molar-refractivity contribution in [1.29, 1.82) is 0 Å². The summed E-state index contributed by atoms with van der Waals surface area (Å²) in [6.07, 6.45) is 1.27. The molecular formula is C18H12ClNO2. The summed E-state index contributed by atoms with van der Waals surface area (Å²) < 4.78 is 0. The van der Waals surface area contributed by atoms with Crippen molar-refractivity contribution in [3.63, 3.8) is 0 Å². The largest absolute Gasteiger partial charge is 0.321 e. The number of nitrogens with one attached hydrogen (secondary N) is 1. The van der Waals surface area contributed by atoms with E-state index in [0.717, 1.165) is 10.9 Å². The third kappa shape index (κ3) is 2.85. The maximum absolute atomic E-state index is 12.3. The number of H-pyrrole nitrogens is 1. The minimum atomic E-state index is -0.419. The SMILES string of the molecule is O=C(C=C(Cl)c1ccccc1)c1cc2ccccc2[nH]c1=O. The molecule has 0 aliphatic carbocycles. The first-order valence-corrected chi connectivity index (χ1v) is 7.12. The van der Waals surface area contributed by atoms with Crippen LogP contribution in [0, 0.1) is 0 Å². The minimum Gasteiger partial charge on any atom is -0.321 e. The van der Waals surface area contributed by atoms with E-state index < -0.39 is 11.3 Å². The van der Waals surface area contributed by atoms with E-state index in [2.05, 4.69) is 4.98 Å². The Kier molecular flexibility index (Phi) is 3.90. The van der Waals surface area contributed by atoms with Gasteiger partial charge in [-0.05, 0) is 23.1 Å². The average Bonchev–Trinajstić information content (AvgIpc) is 2.54. The van der Waals surface area contributed by atoms with Gasteiger partial charge in [-0.15, -0.1) is 0 Å². The van der Waals surface area contributed by atoms with Crippen LogP contribution in [0.5, 0.6) is 0 Å². The molecule has 0 aliphatic rings. The highest BCUT2D eigenvalue weighted by Crippen LogP contribution is 2.19. The normalized spacial score (nSPS) is 11.6. The number of fused-ring (bicyclic) bond motifs is 1. The summed E-state index contributed by atoms with van der Waals surface area (Å²) in [5, 5.41) is 1.10. The fourth-order valence-corrected chi connectivity index (χ4v) is 2.43. The third-order valence-electron chi connectivity index (χ3n) is 3.33. The Hall–Kier alpha value is -2.65. The van der Waals surface area contributed by atoms with Gasteiger partial charge in [0.2, 0.25) is 0 Å². The second-order valence-corrected chi connectivity index (χ2v) is 5.23. The van der Waals surface area contributed by atoms with Gasteiger partial charge in [0.1, 0.15) is 0 Å². The Morgan fingerprint density at radius 3 is 2.45 bits per heavy atom. The number of hydrogen-bond acceptors (Lipinski definition) is 2. The van der Waals surface area contributed by atoms with Crippen LogP contribution in [0.25, 0.3) is 15.9 Å². The van der Waals surface area contributed by atoms with Gasteiger partial charge in [-0.25, -0.2) is 0 Å². The van der Waals surface area contributed by atoms with Crippen molar-refractivity contribution < 1.29 is 4.79 Å². The van der Waals surface area contributed by atoms with Gasteiger partial charge in [0.25, 0.3) is 5.56 Å². The zero-order valence-corrected chi connectivity index (χ0v) is 12.3. The monoisotopic (exact) mass is 309 g/mol. The molecule has 3 nitrogen and oxygen atoms in total. The lowest BCUT2D eigenvalue weighted by Gasteiger charge is -2.01. The number of aromatic nitrogens is 1. The maximum Gasteiger partial charge on any atom is 0.259 e. The van der Waals surface area contributed by atoms with Gasteiger partial charge in [-0.2, -0.15) is 0 Å². The number of allylic oxidation sites excluding steroid dienone is 1. The molecule has 0 spiro atoms. The van der Waals surface area contributed by atoms with E-state index >= 15 is 0 Å². The van der Waals surface area contributed by atoms with Crippen molar-refractivity contribution in [2.75, 3.05) is 0 Å². The lowest BCUT2D eigenvalue weighted by Crippen LogP contribution is -2.16. The summed E-state index contributed by atoms with van der Waals surface area (Å²) in [6, 6.07) is 18.0. The van der Waals surface area contributed by atoms with Crippen molar-refractivity contribution in [3.05, 3.63) is 88.2 Å². The van der Waals surface area contributed by atoms with Crippen molar-refractivity contribution in [1.82, 2.24) is 4.98 Å². The molecule has 0 radical (unpaired) electrons. The second-order valence-electron chi connectivity index (χ2n) is 4.82. The van der Waals surface area contributed by atoms with Gasteiger partial charge in [0.15, 0.2) is 5.78 Å². The summed E-state index contributed by atoms with van der Waals surface area (Å²) in [5.74, 6) is -0.416. The lowest BCUT2D eigenvalue weighted by molar-refractivity contribution is 0.104. The number of pyridine rings is 1. The van der Waals surface area contributed by atoms with Crippen LogP contribution in [-0.2, 0) is 0 Å². The molecule has 22 heavy (non-hydrogen) atoms. The fourth-order valence-electron chi connectivity index (χ4n) is 2.20. The van der Waals surface area contributed by atoms with Gasteiger partial charge in [0, 0.05) is 11.6 Å². The topological polar surface area (TPSA) is 49.9 Å². The smallest absolute Gasteiger partial charge is 0.259 e. The predicted molar refractivity (Wildman–Crippen MR) is 89.2 cm³/mol. The Morgan fingerprint density at radius 1 is 1.00 bits per heavy atom. The molecule has 3 rings (SSSR count). The summed E-state index contributed by atoms with van der Waals surface area (Å²) in [6.45, 7) is 0. The van der Waals surface area contributed by atoms with Crippen LogP contribution in [-0.4, -0.2) is 10.8 Å². The second kappa shape index (κ2) is 6.00. The lowest BCUT2D eigenvalue weighted by atomic mass is 10.1. The van der Waals surface area contributed by atoms with Gasteiger partial charge in [0.05, 0.1) is 10.6 Å². The van der Waals surface area contributed by atoms with Gasteiger partial charge in [-0.1, -0.05) is 60.1 Å². The number of halogens is 1. The minimum absolute atomic E-state index is 0.0766. The Morgan fingerprint density at radius 2 is 1.68 bits per heavy atom. The first-order chi connectivity index (χ1) is 10.6. The molecular weight excluding hydrogens is 298 g/mol. The fraction of sp³-hybridized carbons (Fsp3) is 0. The Labute approximate surface area is 131 Å². The quantitative estimate of drug-likeness (QED) is 0.587. The zero-order chi connectivity index (χ0) is 15.5.